The molecule has 0 bridgehead atoms. The van der Waals surface area contributed by atoms with Crippen LogP contribution in [0.25, 0.3) is 0 Å². The molecule has 0 aromatic carbocycles. The smallest absolute Gasteiger partial charge is 0.222 e. The van der Waals surface area contributed by atoms with Gasteiger partial charge in [-0.2, -0.15) is 4.98 Å². The lowest BCUT2D eigenvalue weighted by Gasteiger charge is -2.42. The van der Waals surface area contributed by atoms with Crippen LogP contribution in [0, 0.1) is 0 Å². The van der Waals surface area contributed by atoms with Crippen molar-refractivity contribution in [3.05, 3.63) is 11.3 Å². The van der Waals surface area contributed by atoms with E-state index in [1.54, 1.807) is 0 Å². The standard InChI is InChI=1S/C20H31N5/c1-14-6-7-15-13-24(11-12-25(14)15)18-16-5-4-10-20(8-2-3-9-20)17(16)22-19(21)23-18/h14-15H,2-13H2,1H3,(H2,21,22,23). The third-order valence-electron chi connectivity index (χ3n) is 7.46. The van der Waals surface area contributed by atoms with E-state index in [-0.39, 0.29) is 0 Å². The van der Waals surface area contributed by atoms with E-state index in [1.807, 2.05) is 0 Å². The van der Waals surface area contributed by atoms with Gasteiger partial charge in [-0.05, 0) is 51.9 Å². The molecule has 1 aromatic rings. The number of hydrogen-bond donors (Lipinski definition) is 1. The molecule has 1 spiro atoms. The summed E-state index contributed by atoms with van der Waals surface area (Å²) in [7, 11) is 0. The molecule has 0 radical (unpaired) electrons. The minimum absolute atomic E-state index is 0.309. The molecule has 3 heterocycles. The number of nitrogens with two attached hydrogens (primary N) is 1. The SMILES string of the molecule is CC1CCC2CN(c3nc(N)nc4c3CCCC43CCCC3)CCN12. The van der Waals surface area contributed by atoms with Crippen LogP contribution in [0.1, 0.15) is 69.5 Å². The summed E-state index contributed by atoms with van der Waals surface area (Å²) in [5.74, 6) is 1.66. The molecular formula is C20H31N5. The van der Waals surface area contributed by atoms with Crippen molar-refractivity contribution >= 4 is 11.8 Å². The van der Waals surface area contributed by atoms with Crippen LogP contribution in [0.15, 0.2) is 0 Å². The van der Waals surface area contributed by atoms with Crippen molar-refractivity contribution in [2.24, 2.45) is 0 Å². The molecule has 5 rings (SSSR count). The maximum absolute atomic E-state index is 6.21. The molecule has 2 N–H and O–H groups in total. The predicted molar refractivity (Wildman–Crippen MR) is 101 cm³/mol. The van der Waals surface area contributed by atoms with Crippen LogP contribution in [0.3, 0.4) is 0 Å². The normalized spacial score (nSPS) is 31.3. The Balaban J connectivity index is 1.51. The molecule has 2 aliphatic heterocycles. The van der Waals surface area contributed by atoms with Crippen molar-refractivity contribution in [3.63, 3.8) is 0 Å². The highest BCUT2D eigenvalue weighted by Gasteiger charge is 2.43. The van der Waals surface area contributed by atoms with E-state index in [0.29, 0.717) is 17.4 Å². The fourth-order valence-electron chi connectivity index (χ4n) is 6.18. The van der Waals surface area contributed by atoms with Crippen molar-refractivity contribution in [2.45, 2.75) is 82.2 Å². The average Bonchev–Trinajstić information content (AvgIpc) is 3.23. The highest BCUT2D eigenvalue weighted by molar-refractivity contribution is 5.55. The van der Waals surface area contributed by atoms with Crippen molar-refractivity contribution < 1.29 is 0 Å². The van der Waals surface area contributed by atoms with Crippen LogP contribution < -0.4 is 10.6 Å². The summed E-state index contributed by atoms with van der Waals surface area (Å²) in [4.78, 5) is 14.8. The van der Waals surface area contributed by atoms with Crippen molar-refractivity contribution in [1.82, 2.24) is 14.9 Å². The highest BCUT2D eigenvalue weighted by atomic mass is 15.3. The molecule has 2 unspecified atom stereocenters. The maximum Gasteiger partial charge on any atom is 0.222 e. The summed E-state index contributed by atoms with van der Waals surface area (Å²) in [5.41, 5.74) is 9.27. The van der Waals surface area contributed by atoms with Crippen LogP contribution in [0.4, 0.5) is 11.8 Å². The van der Waals surface area contributed by atoms with Crippen LogP contribution in [-0.4, -0.2) is 46.6 Å². The molecule has 136 valence electrons. The van der Waals surface area contributed by atoms with Gasteiger partial charge < -0.3 is 10.6 Å². The Kier molecular flexibility index (Phi) is 3.70. The average molecular weight is 342 g/mol. The molecule has 1 aromatic heterocycles. The second kappa shape index (κ2) is 5.83. The van der Waals surface area contributed by atoms with E-state index >= 15 is 0 Å². The third-order valence-corrected chi connectivity index (χ3v) is 7.46. The number of fused-ring (bicyclic) bond motifs is 3. The van der Waals surface area contributed by atoms with Gasteiger partial charge in [-0.1, -0.05) is 12.8 Å². The number of anilines is 2. The zero-order chi connectivity index (χ0) is 17.0. The molecule has 2 aliphatic carbocycles. The van der Waals surface area contributed by atoms with Crippen LogP contribution in [0.5, 0.6) is 0 Å². The number of piperazine rings is 1. The summed E-state index contributed by atoms with van der Waals surface area (Å²) < 4.78 is 0. The number of rotatable bonds is 1. The second-order valence-electron chi connectivity index (χ2n) is 8.84. The molecule has 0 amide bonds. The molecule has 4 aliphatic rings. The maximum atomic E-state index is 6.21. The van der Waals surface area contributed by atoms with Crippen molar-refractivity contribution in [1.29, 1.82) is 0 Å². The predicted octanol–water partition coefficient (Wildman–Crippen LogP) is 2.88. The first-order valence-electron chi connectivity index (χ1n) is 10.3. The molecular weight excluding hydrogens is 310 g/mol. The largest absolute Gasteiger partial charge is 0.368 e. The molecule has 2 saturated heterocycles. The van der Waals surface area contributed by atoms with Gasteiger partial charge in [0.05, 0.1) is 5.69 Å². The van der Waals surface area contributed by atoms with E-state index in [4.69, 9.17) is 15.7 Å². The number of nitrogen functional groups attached to an aromatic ring is 1. The Morgan fingerprint density at radius 2 is 1.84 bits per heavy atom. The van der Waals surface area contributed by atoms with Gasteiger partial charge in [0.25, 0.3) is 0 Å². The van der Waals surface area contributed by atoms with Crippen LogP contribution >= 0.6 is 0 Å². The highest BCUT2D eigenvalue weighted by Crippen LogP contribution is 2.49. The Labute approximate surface area is 151 Å². The van der Waals surface area contributed by atoms with E-state index < -0.39 is 0 Å². The number of aromatic nitrogens is 2. The van der Waals surface area contributed by atoms with Gasteiger partial charge in [0.2, 0.25) is 5.95 Å². The number of hydrogen-bond acceptors (Lipinski definition) is 5. The minimum atomic E-state index is 0.309. The third kappa shape index (κ3) is 2.46. The molecule has 3 fully saturated rings. The van der Waals surface area contributed by atoms with E-state index in [1.165, 1.54) is 68.4 Å². The van der Waals surface area contributed by atoms with Crippen molar-refractivity contribution in [2.75, 3.05) is 30.3 Å². The molecule has 2 atom stereocenters. The van der Waals surface area contributed by atoms with E-state index in [2.05, 4.69) is 16.7 Å². The molecule has 5 nitrogen and oxygen atoms in total. The molecule has 25 heavy (non-hydrogen) atoms. The summed E-state index contributed by atoms with van der Waals surface area (Å²) >= 11 is 0. The van der Waals surface area contributed by atoms with Gasteiger partial charge in [0, 0.05) is 42.7 Å². The Hall–Kier alpha value is -1.36. The lowest BCUT2D eigenvalue weighted by Crippen LogP contribution is -2.52. The molecule has 5 heteroatoms. The summed E-state index contributed by atoms with van der Waals surface area (Å²) in [6.07, 6.45) is 11.7. The topological polar surface area (TPSA) is 58.3 Å². The first-order valence-corrected chi connectivity index (χ1v) is 10.3. The van der Waals surface area contributed by atoms with Crippen LogP contribution in [-0.2, 0) is 11.8 Å². The monoisotopic (exact) mass is 341 g/mol. The molecule has 1 saturated carbocycles. The van der Waals surface area contributed by atoms with Gasteiger partial charge >= 0.3 is 0 Å². The minimum Gasteiger partial charge on any atom is -0.368 e. The number of nitrogens with zero attached hydrogens (tertiary/aromatic N) is 4. The summed E-state index contributed by atoms with van der Waals surface area (Å²) in [5, 5.41) is 0. The first kappa shape index (κ1) is 15.9. The Bertz CT molecular complexity index is 666. The van der Waals surface area contributed by atoms with Gasteiger partial charge in [-0.3, -0.25) is 4.90 Å². The van der Waals surface area contributed by atoms with Gasteiger partial charge in [-0.25, -0.2) is 4.98 Å². The summed E-state index contributed by atoms with van der Waals surface area (Å²) in [6.45, 7) is 5.73. The van der Waals surface area contributed by atoms with Gasteiger partial charge in [-0.15, -0.1) is 0 Å². The lowest BCUT2D eigenvalue weighted by molar-refractivity contribution is 0.184. The zero-order valence-electron chi connectivity index (χ0n) is 15.5. The Morgan fingerprint density at radius 1 is 1.04 bits per heavy atom. The quantitative estimate of drug-likeness (QED) is 0.851. The van der Waals surface area contributed by atoms with Crippen molar-refractivity contribution in [3.8, 4) is 0 Å². The fourth-order valence-corrected chi connectivity index (χ4v) is 6.18. The van der Waals surface area contributed by atoms with Gasteiger partial charge in [0.1, 0.15) is 5.82 Å². The van der Waals surface area contributed by atoms with E-state index in [9.17, 15) is 0 Å². The zero-order valence-corrected chi connectivity index (χ0v) is 15.5. The van der Waals surface area contributed by atoms with Crippen LogP contribution in [0.2, 0.25) is 0 Å². The Morgan fingerprint density at radius 3 is 2.68 bits per heavy atom. The summed E-state index contributed by atoms with van der Waals surface area (Å²) in [6, 6.07) is 1.44. The lowest BCUT2D eigenvalue weighted by atomic mass is 9.71. The van der Waals surface area contributed by atoms with Gasteiger partial charge in [0.15, 0.2) is 0 Å². The van der Waals surface area contributed by atoms with E-state index in [0.717, 1.165) is 32.1 Å². The second-order valence-corrected chi connectivity index (χ2v) is 8.84. The first-order chi connectivity index (χ1) is 12.2. The fraction of sp³-hybridized carbons (Fsp3) is 0.800.